The van der Waals surface area contributed by atoms with Crippen molar-refractivity contribution in [3.63, 3.8) is 0 Å². The maximum absolute atomic E-state index is 11.7. The molecule has 7 nitrogen and oxygen atoms in total. The molecule has 2 aromatic rings. The van der Waals surface area contributed by atoms with E-state index in [0.29, 0.717) is 11.5 Å². The van der Waals surface area contributed by atoms with E-state index in [1.54, 1.807) is 16.8 Å². The molecule has 0 saturated carbocycles. The van der Waals surface area contributed by atoms with E-state index >= 15 is 0 Å². The van der Waals surface area contributed by atoms with Gasteiger partial charge in [0.2, 0.25) is 5.91 Å². The molecule has 0 aliphatic heterocycles. The minimum Gasteiger partial charge on any atom is -0.369 e. The minimum atomic E-state index is -0.190. The second kappa shape index (κ2) is 6.25. The van der Waals surface area contributed by atoms with Crippen LogP contribution in [0, 0.1) is 6.92 Å². The standard InChI is InChI=1S/C13H17N5O2/c1-9(2)20-8-13(19)14-11-5-4-6-12(7-11)18-10(3)15-16-17-18/h4-7,9H,8H2,1-3H3,(H,14,19). The van der Waals surface area contributed by atoms with E-state index in [2.05, 4.69) is 20.8 Å². The Bertz CT molecular complexity index is 594. The van der Waals surface area contributed by atoms with Crippen molar-refractivity contribution in [3.05, 3.63) is 30.1 Å². The lowest BCUT2D eigenvalue weighted by atomic mass is 10.2. The van der Waals surface area contributed by atoms with Gasteiger partial charge >= 0.3 is 0 Å². The van der Waals surface area contributed by atoms with Gasteiger partial charge in [0.05, 0.1) is 11.8 Å². The number of amides is 1. The summed E-state index contributed by atoms with van der Waals surface area (Å²) in [5, 5.41) is 14.1. The van der Waals surface area contributed by atoms with E-state index in [1.165, 1.54) is 0 Å². The highest BCUT2D eigenvalue weighted by atomic mass is 16.5. The molecule has 106 valence electrons. The topological polar surface area (TPSA) is 81.9 Å². The maximum atomic E-state index is 11.7. The van der Waals surface area contributed by atoms with E-state index in [4.69, 9.17) is 4.74 Å². The lowest BCUT2D eigenvalue weighted by Crippen LogP contribution is -2.20. The molecular formula is C13H17N5O2. The zero-order chi connectivity index (χ0) is 14.5. The lowest BCUT2D eigenvalue weighted by molar-refractivity contribution is -0.121. The molecule has 0 fully saturated rings. The van der Waals surface area contributed by atoms with Gasteiger partial charge in [0.25, 0.3) is 0 Å². The summed E-state index contributed by atoms with van der Waals surface area (Å²) in [5.74, 6) is 0.487. The third-order valence-electron chi connectivity index (χ3n) is 2.55. The monoisotopic (exact) mass is 275 g/mol. The Balaban J connectivity index is 2.07. The molecule has 7 heteroatoms. The first-order valence-electron chi connectivity index (χ1n) is 6.33. The van der Waals surface area contributed by atoms with Crippen molar-refractivity contribution in [2.45, 2.75) is 26.9 Å². The normalized spacial score (nSPS) is 10.8. The summed E-state index contributed by atoms with van der Waals surface area (Å²) in [6, 6.07) is 7.30. The van der Waals surface area contributed by atoms with Gasteiger partial charge in [-0.15, -0.1) is 5.10 Å². The number of aryl methyl sites for hydroxylation is 1. The average molecular weight is 275 g/mol. The van der Waals surface area contributed by atoms with Crippen molar-refractivity contribution in [1.29, 1.82) is 0 Å². The molecular weight excluding hydrogens is 258 g/mol. The summed E-state index contributed by atoms with van der Waals surface area (Å²) in [6.45, 7) is 5.61. The van der Waals surface area contributed by atoms with Gasteiger partial charge in [0, 0.05) is 5.69 Å². The highest BCUT2D eigenvalue weighted by Gasteiger charge is 2.07. The van der Waals surface area contributed by atoms with Crippen LogP contribution < -0.4 is 5.32 Å². The summed E-state index contributed by atoms with van der Waals surface area (Å²) in [7, 11) is 0. The van der Waals surface area contributed by atoms with Crippen LogP contribution >= 0.6 is 0 Å². The largest absolute Gasteiger partial charge is 0.369 e. The Morgan fingerprint density at radius 1 is 1.45 bits per heavy atom. The van der Waals surface area contributed by atoms with Crippen LogP contribution in [0.1, 0.15) is 19.7 Å². The Morgan fingerprint density at radius 2 is 2.25 bits per heavy atom. The first-order valence-corrected chi connectivity index (χ1v) is 6.33. The second-order valence-electron chi connectivity index (χ2n) is 4.60. The van der Waals surface area contributed by atoms with E-state index < -0.39 is 0 Å². The molecule has 1 aromatic heterocycles. The van der Waals surface area contributed by atoms with Crippen molar-refractivity contribution in [2.75, 3.05) is 11.9 Å². The molecule has 1 amide bonds. The number of carbonyl (C=O) groups is 1. The molecule has 0 unspecified atom stereocenters. The minimum absolute atomic E-state index is 0.0240. The molecule has 0 radical (unpaired) electrons. The summed E-state index contributed by atoms with van der Waals surface area (Å²) in [6.07, 6.45) is 0.0240. The Labute approximate surface area is 116 Å². The first-order chi connectivity index (χ1) is 9.56. The second-order valence-corrected chi connectivity index (χ2v) is 4.60. The molecule has 20 heavy (non-hydrogen) atoms. The number of nitrogens with one attached hydrogen (secondary N) is 1. The third-order valence-corrected chi connectivity index (χ3v) is 2.55. The predicted octanol–water partition coefficient (Wildman–Crippen LogP) is 1.33. The van der Waals surface area contributed by atoms with Crippen LogP contribution in [0.2, 0.25) is 0 Å². The molecule has 1 aromatic carbocycles. The van der Waals surface area contributed by atoms with Crippen molar-refractivity contribution < 1.29 is 9.53 Å². The van der Waals surface area contributed by atoms with E-state index in [-0.39, 0.29) is 18.6 Å². The van der Waals surface area contributed by atoms with E-state index in [1.807, 2.05) is 32.9 Å². The van der Waals surface area contributed by atoms with Crippen LogP contribution in [0.3, 0.4) is 0 Å². The van der Waals surface area contributed by atoms with Crippen LogP contribution in [0.5, 0.6) is 0 Å². The highest BCUT2D eigenvalue weighted by molar-refractivity contribution is 5.91. The third kappa shape index (κ3) is 3.61. The van der Waals surface area contributed by atoms with E-state index in [9.17, 15) is 4.79 Å². The van der Waals surface area contributed by atoms with Crippen LogP contribution in [0.4, 0.5) is 5.69 Å². The quantitative estimate of drug-likeness (QED) is 0.890. The number of nitrogens with zero attached hydrogens (tertiary/aromatic N) is 4. The highest BCUT2D eigenvalue weighted by Crippen LogP contribution is 2.14. The Kier molecular flexibility index (Phi) is 4.41. The molecule has 0 aliphatic rings. The maximum Gasteiger partial charge on any atom is 0.250 e. The fraction of sp³-hybridized carbons (Fsp3) is 0.385. The average Bonchev–Trinajstić information content (AvgIpc) is 2.83. The molecule has 0 saturated heterocycles. The van der Waals surface area contributed by atoms with Crippen molar-refractivity contribution >= 4 is 11.6 Å². The number of carbonyl (C=O) groups excluding carboxylic acids is 1. The number of aromatic nitrogens is 4. The van der Waals surface area contributed by atoms with Gasteiger partial charge in [-0.25, -0.2) is 0 Å². The number of ether oxygens (including phenoxy) is 1. The number of anilines is 1. The van der Waals surface area contributed by atoms with Crippen LogP contribution in [0.15, 0.2) is 24.3 Å². The van der Waals surface area contributed by atoms with Gasteiger partial charge in [-0.05, 0) is 49.4 Å². The Hall–Kier alpha value is -2.28. The molecule has 0 bridgehead atoms. The number of hydrogen-bond acceptors (Lipinski definition) is 5. The van der Waals surface area contributed by atoms with Crippen molar-refractivity contribution in [1.82, 2.24) is 20.2 Å². The molecule has 0 aliphatic carbocycles. The van der Waals surface area contributed by atoms with Crippen molar-refractivity contribution in [2.24, 2.45) is 0 Å². The zero-order valence-electron chi connectivity index (χ0n) is 11.7. The van der Waals surface area contributed by atoms with Gasteiger partial charge in [-0.3, -0.25) is 4.79 Å². The molecule has 0 spiro atoms. The number of tetrazole rings is 1. The summed E-state index contributed by atoms with van der Waals surface area (Å²) in [5.41, 5.74) is 1.46. The van der Waals surface area contributed by atoms with Gasteiger partial charge in [0.1, 0.15) is 6.61 Å². The van der Waals surface area contributed by atoms with Crippen LogP contribution in [-0.4, -0.2) is 38.8 Å². The van der Waals surface area contributed by atoms with Gasteiger partial charge < -0.3 is 10.1 Å². The lowest BCUT2D eigenvalue weighted by Gasteiger charge is -2.09. The van der Waals surface area contributed by atoms with Crippen LogP contribution in [0.25, 0.3) is 5.69 Å². The fourth-order valence-electron chi connectivity index (χ4n) is 1.63. The molecule has 2 rings (SSSR count). The first kappa shape index (κ1) is 14.1. The number of benzene rings is 1. The smallest absolute Gasteiger partial charge is 0.250 e. The van der Waals surface area contributed by atoms with Gasteiger partial charge in [0.15, 0.2) is 5.82 Å². The molecule has 1 heterocycles. The number of rotatable bonds is 5. The number of hydrogen-bond donors (Lipinski definition) is 1. The fourth-order valence-corrected chi connectivity index (χ4v) is 1.63. The summed E-state index contributed by atoms with van der Waals surface area (Å²) in [4.78, 5) is 11.7. The predicted molar refractivity (Wildman–Crippen MR) is 73.6 cm³/mol. The molecule has 0 atom stereocenters. The SMILES string of the molecule is Cc1nnnn1-c1cccc(NC(=O)COC(C)C)c1. The van der Waals surface area contributed by atoms with Gasteiger partial charge in [-0.1, -0.05) is 6.07 Å². The van der Waals surface area contributed by atoms with Crippen LogP contribution in [-0.2, 0) is 9.53 Å². The zero-order valence-corrected chi connectivity index (χ0v) is 11.7. The van der Waals surface area contributed by atoms with E-state index in [0.717, 1.165) is 5.69 Å². The Morgan fingerprint density at radius 3 is 2.90 bits per heavy atom. The summed E-state index contributed by atoms with van der Waals surface area (Å²) < 4.78 is 6.85. The molecule has 1 N–H and O–H groups in total. The van der Waals surface area contributed by atoms with Gasteiger partial charge in [-0.2, -0.15) is 4.68 Å². The van der Waals surface area contributed by atoms with Crippen molar-refractivity contribution in [3.8, 4) is 5.69 Å². The summed E-state index contributed by atoms with van der Waals surface area (Å²) >= 11 is 0.